The van der Waals surface area contributed by atoms with E-state index < -0.39 is 0 Å². The molecule has 0 N–H and O–H groups in total. The molecule has 0 atom stereocenters. The molecule has 4 heteroatoms. The van der Waals surface area contributed by atoms with Gasteiger partial charge in [-0.3, -0.25) is 4.57 Å². The molecule has 0 bridgehead atoms. The van der Waals surface area contributed by atoms with Crippen LogP contribution in [0, 0.1) is 0 Å². The highest BCUT2D eigenvalue weighted by Gasteiger charge is 2.25. The fourth-order valence-corrected chi connectivity index (χ4v) is 7.02. The minimum atomic E-state index is 0.780. The van der Waals surface area contributed by atoms with Gasteiger partial charge >= 0.3 is 0 Å². The maximum absolute atomic E-state index is 6.79. The molecule has 44 heavy (non-hydrogen) atoms. The Morgan fingerprint density at radius 1 is 0.500 bits per heavy atom. The number of aromatic nitrogens is 3. The number of hydrogen-bond acceptors (Lipinski definition) is 3. The van der Waals surface area contributed by atoms with Gasteiger partial charge in [0.1, 0.15) is 11.3 Å². The van der Waals surface area contributed by atoms with Crippen molar-refractivity contribution in [1.82, 2.24) is 14.5 Å². The fraction of sp³-hybridized carbons (Fsp3) is 0. The maximum atomic E-state index is 6.79. The topological polar surface area (TPSA) is 43.9 Å². The van der Waals surface area contributed by atoms with Gasteiger partial charge < -0.3 is 4.42 Å². The molecule has 10 aromatic rings. The Hall–Kier alpha value is -6.00. The molecular formula is C40H23N3O. The van der Waals surface area contributed by atoms with Gasteiger partial charge in [0.25, 0.3) is 0 Å². The van der Waals surface area contributed by atoms with Crippen molar-refractivity contribution in [3.8, 4) is 17.1 Å². The molecule has 3 heterocycles. The van der Waals surface area contributed by atoms with Gasteiger partial charge in [-0.1, -0.05) is 115 Å². The third kappa shape index (κ3) is 3.17. The van der Waals surface area contributed by atoms with E-state index in [1.165, 1.54) is 10.8 Å². The summed E-state index contributed by atoms with van der Waals surface area (Å²) in [5.41, 5.74) is 7.35. The van der Waals surface area contributed by atoms with Gasteiger partial charge in [0.15, 0.2) is 11.4 Å². The van der Waals surface area contributed by atoms with Crippen molar-refractivity contribution in [2.45, 2.75) is 0 Å². The third-order valence-corrected chi connectivity index (χ3v) is 8.92. The van der Waals surface area contributed by atoms with Crippen LogP contribution in [-0.2, 0) is 0 Å². The first kappa shape index (κ1) is 23.6. The largest absolute Gasteiger partial charge is 0.454 e. The lowest BCUT2D eigenvalue weighted by Crippen LogP contribution is -2.04. The van der Waals surface area contributed by atoms with Crippen molar-refractivity contribution in [1.29, 1.82) is 0 Å². The van der Waals surface area contributed by atoms with Gasteiger partial charge in [0.2, 0.25) is 0 Å². The first-order chi connectivity index (χ1) is 21.8. The summed E-state index contributed by atoms with van der Waals surface area (Å²) in [4.78, 5) is 10.8. The van der Waals surface area contributed by atoms with Crippen LogP contribution in [0.25, 0.3) is 93.4 Å². The summed E-state index contributed by atoms with van der Waals surface area (Å²) < 4.78 is 9.07. The average Bonchev–Trinajstić information content (AvgIpc) is 3.64. The van der Waals surface area contributed by atoms with Crippen LogP contribution >= 0.6 is 0 Å². The molecule has 0 saturated carbocycles. The van der Waals surface area contributed by atoms with Gasteiger partial charge in [-0.2, -0.15) is 0 Å². The monoisotopic (exact) mass is 561 g/mol. The number of rotatable bonds is 2. The zero-order valence-corrected chi connectivity index (χ0v) is 23.5. The van der Waals surface area contributed by atoms with E-state index in [2.05, 4.69) is 132 Å². The molecule has 0 fully saturated rings. The Balaban J connectivity index is 1.47. The number of fused-ring (bicyclic) bond motifs is 12. The standard InChI is InChI=1S/C40H23N3O/c1-2-12-24(13-3-1)37-40(42-32-23-26-15-5-4-14-25(26)22-31(32)41-37)43-33-20-10-8-18-29(33)35-27-16-6-7-17-28(27)36-30-19-9-11-21-34(30)44-39(36)38(35)43/h1-23H. The van der Waals surface area contributed by atoms with Crippen molar-refractivity contribution in [3.63, 3.8) is 0 Å². The highest BCUT2D eigenvalue weighted by atomic mass is 16.3. The van der Waals surface area contributed by atoms with E-state index in [1.807, 2.05) is 12.1 Å². The first-order valence-electron chi connectivity index (χ1n) is 14.8. The van der Waals surface area contributed by atoms with Crippen molar-refractivity contribution in [2.75, 3.05) is 0 Å². The third-order valence-electron chi connectivity index (χ3n) is 8.92. The van der Waals surface area contributed by atoms with Crippen LogP contribution in [0.3, 0.4) is 0 Å². The zero-order chi connectivity index (χ0) is 28.8. The Morgan fingerprint density at radius 3 is 1.86 bits per heavy atom. The van der Waals surface area contributed by atoms with E-state index in [4.69, 9.17) is 14.4 Å². The van der Waals surface area contributed by atoms with Crippen LogP contribution < -0.4 is 0 Å². The summed E-state index contributed by atoms with van der Waals surface area (Å²) in [5, 5.41) is 9.20. The molecule has 10 rings (SSSR count). The van der Waals surface area contributed by atoms with Crippen LogP contribution in [0.5, 0.6) is 0 Å². The van der Waals surface area contributed by atoms with Crippen LogP contribution in [0.4, 0.5) is 0 Å². The molecule has 0 amide bonds. The van der Waals surface area contributed by atoms with Gasteiger partial charge in [0.05, 0.1) is 22.1 Å². The fourth-order valence-electron chi connectivity index (χ4n) is 7.02. The van der Waals surface area contributed by atoms with Crippen LogP contribution in [0.1, 0.15) is 0 Å². The quantitative estimate of drug-likeness (QED) is 0.197. The van der Waals surface area contributed by atoms with Gasteiger partial charge in [-0.15, -0.1) is 0 Å². The van der Waals surface area contributed by atoms with E-state index >= 15 is 0 Å². The van der Waals surface area contributed by atoms with Crippen LogP contribution in [-0.4, -0.2) is 14.5 Å². The number of furan rings is 1. The number of nitrogens with zero attached hydrogens (tertiary/aromatic N) is 3. The van der Waals surface area contributed by atoms with Crippen molar-refractivity contribution in [2.24, 2.45) is 0 Å². The normalized spacial score (nSPS) is 12.1. The van der Waals surface area contributed by atoms with Crippen LogP contribution in [0.15, 0.2) is 144 Å². The van der Waals surface area contributed by atoms with Crippen molar-refractivity contribution < 1.29 is 4.42 Å². The second-order valence-electron chi connectivity index (χ2n) is 11.4. The molecule has 7 aromatic carbocycles. The highest BCUT2D eigenvalue weighted by Crippen LogP contribution is 2.46. The predicted molar refractivity (Wildman–Crippen MR) is 182 cm³/mol. The summed E-state index contributed by atoms with van der Waals surface area (Å²) in [7, 11) is 0. The zero-order valence-electron chi connectivity index (χ0n) is 23.5. The van der Waals surface area contributed by atoms with Gasteiger partial charge in [-0.05, 0) is 45.8 Å². The molecule has 0 aliphatic rings. The Kier molecular flexibility index (Phi) is 4.69. The second kappa shape index (κ2) is 8.76. The van der Waals surface area contributed by atoms with Crippen molar-refractivity contribution in [3.05, 3.63) is 140 Å². The molecule has 4 nitrogen and oxygen atoms in total. The minimum Gasteiger partial charge on any atom is -0.454 e. The number of hydrogen-bond donors (Lipinski definition) is 0. The molecular weight excluding hydrogens is 538 g/mol. The molecule has 0 aliphatic carbocycles. The summed E-state index contributed by atoms with van der Waals surface area (Å²) in [6.07, 6.45) is 0. The molecule has 0 spiro atoms. The summed E-state index contributed by atoms with van der Waals surface area (Å²) in [6, 6.07) is 48.7. The van der Waals surface area contributed by atoms with Crippen LogP contribution in [0.2, 0.25) is 0 Å². The SMILES string of the molecule is c1ccc(-c2nc3cc4ccccc4cc3nc2-n2c3ccccc3c3c4ccccc4c4c5ccccc5oc4c32)cc1. The van der Waals surface area contributed by atoms with E-state index in [1.54, 1.807) is 0 Å². The Labute approximate surface area is 251 Å². The second-order valence-corrected chi connectivity index (χ2v) is 11.4. The van der Waals surface area contributed by atoms with Gasteiger partial charge in [0, 0.05) is 27.1 Å². The molecule has 204 valence electrons. The molecule has 0 radical (unpaired) electrons. The van der Waals surface area contributed by atoms with E-state index in [9.17, 15) is 0 Å². The molecule has 0 saturated heterocycles. The number of para-hydroxylation sites is 2. The highest BCUT2D eigenvalue weighted by molar-refractivity contribution is 6.35. The van der Waals surface area contributed by atoms with E-state index in [-0.39, 0.29) is 0 Å². The lowest BCUT2D eigenvalue weighted by atomic mass is 9.99. The summed E-state index contributed by atoms with van der Waals surface area (Å²) in [5.74, 6) is 0.780. The smallest absolute Gasteiger partial charge is 0.165 e. The maximum Gasteiger partial charge on any atom is 0.165 e. The Bertz CT molecular complexity index is 2770. The van der Waals surface area contributed by atoms with E-state index in [0.717, 1.165) is 82.6 Å². The molecule has 3 aromatic heterocycles. The van der Waals surface area contributed by atoms with E-state index in [0.29, 0.717) is 0 Å². The number of benzene rings is 7. The van der Waals surface area contributed by atoms with Gasteiger partial charge in [-0.25, -0.2) is 9.97 Å². The van der Waals surface area contributed by atoms with Crippen molar-refractivity contribution >= 4 is 76.3 Å². The summed E-state index contributed by atoms with van der Waals surface area (Å²) in [6.45, 7) is 0. The average molecular weight is 562 g/mol. The minimum absolute atomic E-state index is 0.780. The molecule has 0 aliphatic heterocycles. The lowest BCUT2D eigenvalue weighted by molar-refractivity contribution is 0.671. The first-order valence-corrected chi connectivity index (χ1v) is 14.8. The summed E-state index contributed by atoms with van der Waals surface area (Å²) >= 11 is 0. The Morgan fingerprint density at radius 2 is 1.09 bits per heavy atom. The molecule has 0 unspecified atom stereocenters. The predicted octanol–water partition coefficient (Wildman–Crippen LogP) is 10.6. The lowest BCUT2D eigenvalue weighted by Gasteiger charge is -2.14.